The van der Waals surface area contributed by atoms with Crippen LogP contribution < -0.4 is 10.1 Å². The highest BCUT2D eigenvalue weighted by Crippen LogP contribution is 2.32. The largest absolute Gasteiger partial charge is 0.480 e. The van der Waals surface area contributed by atoms with E-state index in [1.54, 1.807) is 12.1 Å². The topological polar surface area (TPSA) is 77.5 Å². The number of halogens is 4. The third-order valence-electron chi connectivity index (χ3n) is 4.68. The molecule has 0 saturated carbocycles. The number of aromatic nitrogens is 1. The zero-order valence-electron chi connectivity index (χ0n) is 17.0. The second-order valence-corrected chi connectivity index (χ2v) is 7.22. The number of ether oxygens (including phenoxy) is 2. The van der Waals surface area contributed by atoms with Gasteiger partial charge in [0.25, 0.3) is 0 Å². The van der Waals surface area contributed by atoms with Crippen LogP contribution in [0, 0.1) is 0 Å². The van der Waals surface area contributed by atoms with E-state index in [1.165, 1.54) is 38.5 Å². The number of nitrogens with one attached hydrogen (secondary N) is 1. The molecule has 0 aliphatic rings. The summed E-state index contributed by atoms with van der Waals surface area (Å²) in [7, 11) is 2.57. The van der Waals surface area contributed by atoms with E-state index in [2.05, 4.69) is 10.3 Å². The quantitative estimate of drug-likeness (QED) is 0.539. The van der Waals surface area contributed by atoms with Gasteiger partial charge in [-0.25, -0.2) is 9.78 Å². The molecule has 0 aliphatic carbocycles. The molecule has 0 saturated heterocycles. The van der Waals surface area contributed by atoms with Gasteiger partial charge in [-0.3, -0.25) is 4.79 Å². The van der Waals surface area contributed by atoms with E-state index in [-0.39, 0.29) is 23.6 Å². The molecule has 168 valence electrons. The molecule has 0 radical (unpaired) electrons. The third kappa shape index (κ3) is 5.11. The van der Waals surface area contributed by atoms with E-state index in [0.29, 0.717) is 21.5 Å². The molecule has 0 atom stereocenters. The Balaban J connectivity index is 1.87. The van der Waals surface area contributed by atoms with Crippen molar-refractivity contribution >= 4 is 34.4 Å². The molecule has 0 unspecified atom stereocenters. The number of hydrogen-bond acceptors (Lipinski definition) is 5. The van der Waals surface area contributed by atoms with Crippen LogP contribution in [0.2, 0.25) is 5.02 Å². The summed E-state index contributed by atoms with van der Waals surface area (Å²) in [6.07, 6.45) is -5.00. The van der Waals surface area contributed by atoms with Crippen molar-refractivity contribution in [2.24, 2.45) is 0 Å². The van der Waals surface area contributed by atoms with Crippen molar-refractivity contribution in [3.8, 4) is 5.88 Å². The number of benzene rings is 2. The normalized spacial score (nSPS) is 11.3. The summed E-state index contributed by atoms with van der Waals surface area (Å²) < 4.78 is 49.4. The molecule has 32 heavy (non-hydrogen) atoms. The van der Waals surface area contributed by atoms with Gasteiger partial charge in [0.15, 0.2) is 0 Å². The average molecular weight is 467 g/mol. The molecule has 1 aromatic heterocycles. The fourth-order valence-electron chi connectivity index (χ4n) is 3.23. The lowest BCUT2D eigenvalue weighted by Gasteiger charge is -2.14. The fourth-order valence-corrected chi connectivity index (χ4v) is 3.48. The molecule has 0 spiro atoms. The molecule has 3 aromatic rings. The summed E-state index contributed by atoms with van der Waals surface area (Å²) >= 11 is 6.17. The molecule has 10 heteroatoms. The Morgan fingerprint density at radius 2 is 1.81 bits per heavy atom. The lowest BCUT2D eigenvalue weighted by atomic mass is 10.0. The number of rotatable bonds is 6. The first kappa shape index (κ1) is 23.3. The number of fused-ring (bicyclic) bond motifs is 1. The van der Waals surface area contributed by atoms with Crippen LogP contribution >= 0.6 is 11.6 Å². The molecule has 0 aliphatic heterocycles. The summed E-state index contributed by atoms with van der Waals surface area (Å²) in [6, 6.07) is 9.56. The van der Waals surface area contributed by atoms with E-state index in [4.69, 9.17) is 21.1 Å². The van der Waals surface area contributed by atoms with Crippen LogP contribution in [-0.4, -0.2) is 31.1 Å². The second-order valence-electron chi connectivity index (χ2n) is 6.78. The zero-order chi connectivity index (χ0) is 23.5. The van der Waals surface area contributed by atoms with Gasteiger partial charge in [-0.15, -0.1) is 0 Å². The molecule has 1 amide bonds. The maximum absolute atomic E-state index is 13.2. The van der Waals surface area contributed by atoms with E-state index >= 15 is 0 Å². The van der Waals surface area contributed by atoms with Crippen LogP contribution in [-0.2, 0) is 28.7 Å². The molecule has 1 N–H and O–H groups in total. The fraction of sp³-hybridized carbons (Fsp3) is 0.227. The highest BCUT2D eigenvalue weighted by Gasteiger charge is 2.33. The first-order chi connectivity index (χ1) is 15.1. The monoisotopic (exact) mass is 466 g/mol. The minimum Gasteiger partial charge on any atom is -0.480 e. The number of hydrogen-bond donors (Lipinski definition) is 1. The van der Waals surface area contributed by atoms with Gasteiger partial charge in [0.2, 0.25) is 11.8 Å². The van der Waals surface area contributed by atoms with E-state index in [9.17, 15) is 22.8 Å². The Hall–Kier alpha value is -3.33. The summed E-state index contributed by atoms with van der Waals surface area (Å²) in [4.78, 5) is 28.7. The van der Waals surface area contributed by atoms with Gasteiger partial charge in [-0.1, -0.05) is 29.8 Å². The smallest absolute Gasteiger partial charge is 0.416 e. The predicted octanol–water partition coefficient (Wildman–Crippen LogP) is 4.56. The summed E-state index contributed by atoms with van der Waals surface area (Å²) in [5.41, 5.74) is 0.0270. The van der Waals surface area contributed by atoms with Crippen LogP contribution in [0.4, 0.5) is 13.2 Å². The highest BCUT2D eigenvalue weighted by molar-refractivity contribution is 6.31. The van der Waals surface area contributed by atoms with Gasteiger partial charge in [0.1, 0.15) is 5.56 Å². The Kier molecular flexibility index (Phi) is 6.88. The van der Waals surface area contributed by atoms with Crippen LogP contribution in [0.5, 0.6) is 5.88 Å². The molecule has 0 fully saturated rings. The van der Waals surface area contributed by atoms with Gasteiger partial charge in [-0.05, 0) is 35.4 Å². The van der Waals surface area contributed by atoms with Crippen LogP contribution in [0.25, 0.3) is 10.9 Å². The van der Waals surface area contributed by atoms with Crippen molar-refractivity contribution in [3.05, 3.63) is 69.7 Å². The van der Waals surface area contributed by atoms with E-state index < -0.39 is 30.0 Å². The van der Waals surface area contributed by atoms with Crippen LogP contribution in [0.3, 0.4) is 0 Å². The lowest BCUT2D eigenvalue weighted by molar-refractivity contribution is -0.138. The Morgan fingerprint density at radius 3 is 2.47 bits per heavy atom. The first-order valence-electron chi connectivity index (χ1n) is 9.31. The SMILES string of the molecule is COC(=O)c1cc2cc(Cl)cc(CNC(=O)Cc3ccccc3C(F)(F)F)c2nc1OC. The van der Waals surface area contributed by atoms with Gasteiger partial charge >= 0.3 is 12.1 Å². The molecule has 1 heterocycles. The molecule has 2 aromatic carbocycles. The summed E-state index contributed by atoms with van der Waals surface area (Å²) in [6.45, 7) is -0.0438. The van der Waals surface area contributed by atoms with Gasteiger partial charge < -0.3 is 14.8 Å². The van der Waals surface area contributed by atoms with Crippen molar-refractivity contribution < 1.29 is 32.2 Å². The number of amides is 1. The number of alkyl halides is 3. The lowest BCUT2D eigenvalue weighted by Crippen LogP contribution is -2.26. The molecular formula is C22H18ClF3N2O4. The van der Waals surface area contributed by atoms with Crippen LogP contribution in [0.15, 0.2) is 42.5 Å². The number of carbonyl (C=O) groups excluding carboxylic acids is 2. The zero-order valence-corrected chi connectivity index (χ0v) is 17.8. The van der Waals surface area contributed by atoms with E-state index in [1.807, 2.05) is 0 Å². The number of carbonyl (C=O) groups is 2. The predicted molar refractivity (Wildman–Crippen MR) is 112 cm³/mol. The van der Waals surface area contributed by atoms with Gasteiger partial charge in [0, 0.05) is 17.0 Å². The highest BCUT2D eigenvalue weighted by atomic mass is 35.5. The Morgan fingerprint density at radius 1 is 1.09 bits per heavy atom. The molecular weight excluding hydrogens is 449 g/mol. The Labute approximate surface area is 186 Å². The van der Waals surface area contributed by atoms with Crippen molar-refractivity contribution in [2.45, 2.75) is 19.1 Å². The van der Waals surface area contributed by atoms with Crippen LogP contribution in [0.1, 0.15) is 27.0 Å². The minimum absolute atomic E-state index is 0.0263. The summed E-state index contributed by atoms with van der Waals surface area (Å²) in [5.74, 6) is -1.22. The molecule has 3 rings (SSSR count). The van der Waals surface area contributed by atoms with Crippen molar-refractivity contribution in [3.63, 3.8) is 0 Å². The first-order valence-corrected chi connectivity index (χ1v) is 9.69. The number of esters is 1. The van der Waals surface area contributed by atoms with E-state index in [0.717, 1.165) is 6.07 Å². The average Bonchev–Trinajstić information content (AvgIpc) is 2.75. The maximum atomic E-state index is 13.2. The van der Waals surface area contributed by atoms with Crippen molar-refractivity contribution in [1.82, 2.24) is 10.3 Å². The van der Waals surface area contributed by atoms with Gasteiger partial charge in [0.05, 0.1) is 31.7 Å². The van der Waals surface area contributed by atoms with Crippen molar-refractivity contribution in [2.75, 3.05) is 14.2 Å². The minimum atomic E-state index is -4.56. The second kappa shape index (κ2) is 9.44. The number of nitrogens with zero attached hydrogens (tertiary/aromatic N) is 1. The Bertz CT molecular complexity index is 1180. The maximum Gasteiger partial charge on any atom is 0.416 e. The molecule has 0 bridgehead atoms. The van der Waals surface area contributed by atoms with Gasteiger partial charge in [-0.2, -0.15) is 13.2 Å². The number of methoxy groups -OCH3 is 2. The third-order valence-corrected chi connectivity index (χ3v) is 4.89. The van der Waals surface area contributed by atoms with Crippen molar-refractivity contribution in [1.29, 1.82) is 0 Å². The summed E-state index contributed by atoms with van der Waals surface area (Å²) in [5, 5.41) is 3.42. The molecule has 6 nitrogen and oxygen atoms in total. The number of pyridine rings is 1. The standard InChI is InChI=1S/C22H18ClF3N2O4/c1-31-20-16(21(30)32-2)9-13-7-15(23)8-14(19(13)28-20)11-27-18(29)10-12-5-3-4-6-17(12)22(24,25)26/h3-9H,10-11H2,1-2H3,(H,27,29).